The molecule has 2 aromatic heterocycles. The fourth-order valence-corrected chi connectivity index (χ4v) is 2.28. The summed E-state index contributed by atoms with van der Waals surface area (Å²) in [5.74, 6) is 7.26. The number of anilines is 3. The molecule has 0 fully saturated rings. The molecule has 0 aliphatic carbocycles. The Morgan fingerprint density at radius 3 is 2.14 bits per heavy atom. The maximum atomic E-state index is 5.66. The highest BCUT2D eigenvalue weighted by molar-refractivity contribution is 7.99. The van der Waals surface area contributed by atoms with E-state index >= 15 is 0 Å². The van der Waals surface area contributed by atoms with Gasteiger partial charge in [-0.05, 0) is 11.8 Å². The topological polar surface area (TPSA) is 142 Å². The van der Waals surface area contributed by atoms with Gasteiger partial charge in [0.05, 0.1) is 0 Å². The highest BCUT2D eigenvalue weighted by Crippen LogP contribution is 2.28. The van der Waals surface area contributed by atoms with Crippen LogP contribution in [0.15, 0.2) is 22.3 Å². The van der Waals surface area contributed by atoms with Crippen molar-refractivity contribution in [3.05, 3.63) is 18.0 Å². The van der Waals surface area contributed by atoms with Crippen molar-refractivity contribution in [3.8, 4) is 0 Å². The first-order chi connectivity index (χ1) is 9.77. The van der Waals surface area contributed by atoms with Crippen LogP contribution in [0.5, 0.6) is 0 Å². The molecule has 9 heteroatoms. The normalized spacial score (nSPS) is 11.4. The van der Waals surface area contributed by atoms with Crippen molar-refractivity contribution < 1.29 is 0 Å². The maximum absolute atomic E-state index is 5.66. The van der Waals surface area contributed by atoms with Crippen molar-refractivity contribution in [2.75, 3.05) is 16.9 Å². The number of hydrazine groups is 1. The van der Waals surface area contributed by atoms with Gasteiger partial charge < -0.3 is 16.9 Å². The number of nitrogens with zero attached hydrogens (tertiary/aromatic N) is 4. The number of nitrogens with one attached hydrogen (secondary N) is 1. The highest BCUT2D eigenvalue weighted by atomic mass is 32.2. The predicted octanol–water partition coefficient (Wildman–Crippen LogP) is 1.17. The first kappa shape index (κ1) is 15.3. The number of aromatic nitrogens is 4. The molecule has 2 heterocycles. The standard InChI is InChI=1S/C12H18N8S/c1-12(2,3)10-18-8(20-15)5-9(19-10)21-11-16-6(13)4-7(14)17-11/h4-5H,15H2,1-3H3,(H,18,19,20)(H4,13,14,16,17). The molecule has 0 aliphatic heterocycles. The number of hydrogen-bond acceptors (Lipinski definition) is 9. The Morgan fingerprint density at radius 2 is 1.62 bits per heavy atom. The summed E-state index contributed by atoms with van der Waals surface area (Å²) in [6.45, 7) is 6.06. The summed E-state index contributed by atoms with van der Waals surface area (Å²) in [4.78, 5) is 17.1. The summed E-state index contributed by atoms with van der Waals surface area (Å²) >= 11 is 1.25. The third-order valence-electron chi connectivity index (χ3n) is 2.46. The number of rotatable bonds is 3. The van der Waals surface area contributed by atoms with E-state index in [1.807, 2.05) is 20.8 Å². The lowest BCUT2D eigenvalue weighted by molar-refractivity contribution is 0.539. The summed E-state index contributed by atoms with van der Waals surface area (Å²) in [5, 5.41) is 1.09. The van der Waals surface area contributed by atoms with E-state index in [4.69, 9.17) is 17.3 Å². The first-order valence-electron chi connectivity index (χ1n) is 6.22. The molecule has 0 saturated heterocycles. The zero-order valence-corrected chi connectivity index (χ0v) is 12.9. The number of nitrogen functional groups attached to an aromatic ring is 3. The second kappa shape index (κ2) is 5.70. The van der Waals surface area contributed by atoms with E-state index in [9.17, 15) is 0 Å². The Morgan fingerprint density at radius 1 is 1.00 bits per heavy atom. The second-order valence-corrected chi connectivity index (χ2v) is 6.40. The van der Waals surface area contributed by atoms with Gasteiger partial charge in [-0.3, -0.25) is 0 Å². The van der Waals surface area contributed by atoms with E-state index in [1.165, 1.54) is 17.8 Å². The van der Waals surface area contributed by atoms with Gasteiger partial charge in [0.1, 0.15) is 28.3 Å². The van der Waals surface area contributed by atoms with Crippen LogP contribution in [-0.4, -0.2) is 19.9 Å². The van der Waals surface area contributed by atoms with E-state index in [0.717, 1.165) is 0 Å². The molecular formula is C12H18N8S. The molecule has 8 nitrogen and oxygen atoms in total. The Hall–Kier alpha value is -2.13. The van der Waals surface area contributed by atoms with Gasteiger partial charge >= 0.3 is 0 Å². The Bertz CT molecular complexity index is 632. The van der Waals surface area contributed by atoms with Crippen molar-refractivity contribution in [2.45, 2.75) is 36.4 Å². The molecule has 2 aromatic rings. The minimum absolute atomic E-state index is 0.211. The molecular weight excluding hydrogens is 288 g/mol. The molecule has 0 bridgehead atoms. The zero-order valence-electron chi connectivity index (χ0n) is 12.1. The zero-order chi connectivity index (χ0) is 15.6. The van der Waals surface area contributed by atoms with E-state index in [0.29, 0.717) is 33.5 Å². The average molecular weight is 306 g/mol. The Balaban J connectivity index is 2.39. The monoisotopic (exact) mass is 306 g/mol. The van der Waals surface area contributed by atoms with E-state index in [1.54, 1.807) is 6.07 Å². The van der Waals surface area contributed by atoms with Crippen LogP contribution in [0.4, 0.5) is 17.5 Å². The van der Waals surface area contributed by atoms with Crippen molar-refractivity contribution in [2.24, 2.45) is 5.84 Å². The van der Waals surface area contributed by atoms with Crippen molar-refractivity contribution in [3.63, 3.8) is 0 Å². The van der Waals surface area contributed by atoms with Crippen molar-refractivity contribution in [1.29, 1.82) is 0 Å². The molecule has 0 saturated carbocycles. The first-order valence-corrected chi connectivity index (χ1v) is 7.03. The second-order valence-electron chi connectivity index (χ2n) is 5.41. The van der Waals surface area contributed by atoms with Crippen LogP contribution in [0, 0.1) is 0 Å². The molecule has 112 valence electrons. The van der Waals surface area contributed by atoms with Crippen molar-refractivity contribution >= 4 is 29.2 Å². The van der Waals surface area contributed by atoms with Gasteiger partial charge in [0, 0.05) is 17.5 Å². The highest BCUT2D eigenvalue weighted by Gasteiger charge is 2.19. The smallest absolute Gasteiger partial charge is 0.197 e. The minimum atomic E-state index is -0.211. The largest absolute Gasteiger partial charge is 0.383 e. The predicted molar refractivity (Wildman–Crippen MR) is 83.5 cm³/mol. The molecule has 0 aliphatic rings. The van der Waals surface area contributed by atoms with Crippen LogP contribution in [0.25, 0.3) is 0 Å². The lowest BCUT2D eigenvalue weighted by atomic mass is 9.96. The summed E-state index contributed by atoms with van der Waals surface area (Å²) in [7, 11) is 0. The molecule has 0 radical (unpaired) electrons. The quantitative estimate of drug-likeness (QED) is 0.284. The fraction of sp³-hybridized carbons (Fsp3) is 0.333. The Labute approximate surface area is 126 Å². The molecule has 0 amide bonds. The summed E-state index contributed by atoms with van der Waals surface area (Å²) in [6, 6.07) is 3.21. The summed E-state index contributed by atoms with van der Waals surface area (Å²) in [6.07, 6.45) is 0. The average Bonchev–Trinajstić information content (AvgIpc) is 2.36. The van der Waals surface area contributed by atoms with Gasteiger partial charge in [0.2, 0.25) is 0 Å². The third kappa shape index (κ3) is 3.92. The molecule has 0 atom stereocenters. The fourth-order valence-electron chi connectivity index (χ4n) is 1.49. The lowest BCUT2D eigenvalue weighted by Gasteiger charge is -2.18. The molecule has 21 heavy (non-hydrogen) atoms. The lowest BCUT2D eigenvalue weighted by Crippen LogP contribution is -2.19. The molecule has 7 N–H and O–H groups in total. The van der Waals surface area contributed by atoms with Gasteiger partial charge in [-0.2, -0.15) is 0 Å². The van der Waals surface area contributed by atoms with E-state index < -0.39 is 0 Å². The molecule has 0 unspecified atom stereocenters. The van der Waals surface area contributed by atoms with Crippen LogP contribution in [0.2, 0.25) is 0 Å². The molecule has 0 aromatic carbocycles. The van der Waals surface area contributed by atoms with Crippen LogP contribution >= 0.6 is 11.8 Å². The SMILES string of the molecule is CC(C)(C)c1nc(NN)cc(Sc2nc(N)cc(N)n2)n1. The minimum Gasteiger partial charge on any atom is -0.383 e. The van der Waals surface area contributed by atoms with Gasteiger partial charge in [-0.15, -0.1) is 0 Å². The van der Waals surface area contributed by atoms with Crippen LogP contribution in [0.3, 0.4) is 0 Å². The van der Waals surface area contributed by atoms with Gasteiger partial charge in [0.25, 0.3) is 0 Å². The molecule has 2 rings (SSSR count). The van der Waals surface area contributed by atoms with Crippen LogP contribution in [-0.2, 0) is 5.41 Å². The van der Waals surface area contributed by atoms with E-state index in [-0.39, 0.29) is 5.41 Å². The van der Waals surface area contributed by atoms with Crippen LogP contribution in [0.1, 0.15) is 26.6 Å². The van der Waals surface area contributed by atoms with Gasteiger partial charge in [-0.25, -0.2) is 25.8 Å². The number of hydrogen-bond donors (Lipinski definition) is 4. The van der Waals surface area contributed by atoms with E-state index in [2.05, 4.69) is 25.4 Å². The molecule has 0 spiro atoms. The summed E-state index contributed by atoms with van der Waals surface area (Å²) < 4.78 is 0. The maximum Gasteiger partial charge on any atom is 0.197 e. The van der Waals surface area contributed by atoms with Gasteiger partial charge in [-0.1, -0.05) is 20.8 Å². The van der Waals surface area contributed by atoms with Crippen molar-refractivity contribution in [1.82, 2.24) is 19.9 Å². The van der Waals surface area contributed by atoms with Gasteiger partial charge in [0.15, 0.2) is 5.16 Å². The third-order valence-corrected chi connectivity index (χ3v) is 3.25. The Kier molecular flexibility index (Phi) is 4.14. The number of nitrogens with two attached hydrogens (primary N) is 3. The summed E-state index contributed by atoms with van der Waals surface area (Å²) in [5.41, 5.74) is 13.6. The van der Waals surface area contributed by atoms with Crippen LogP contribution < -0.4 is 22.7 Å².